The van der Waals surface area contributed by atoms with Gasteiger partial charge >= 0.3 is 0 Å². The summed E-state index contributed by atoms with van der Waals surface area (Å²) in [5.74, 6) is 0.921. The average Bonchev–Trinajstić information content (AvgIpc) is 2.76. The number of fused-ring (bicyclic) bond motifs is 1. The molecular formula is C14H11BrN2. The van der Waals surface area contributed by atoms with Crippen LogP contribution < -0.4 is 0 Å². The van der Waals surface area contributed by atoms with E-state index in [0.717, 1.165) is 26.9 Å². The molecule has 1 aromatic heterocycles. The number of H-pyrrole nitrogens is 1. The van der Waals surface area contributed by atoms with Crippen molar-refractivity contribution in [2.24, 2.45) is 0 Å². The Morgan fingerprint density at radius 3 is 2.71 bits per heavy atom. The van der Waals surface area contributed by atoms with Gasteiger partial charge in [0.1, 0.15) is 5.82 Å². The number of halogens is 1. The Balaban J connectivity index is 2.24. The molecule has 0 aliphatic carbocycles. The van der Waals surface area contributed by atoms with Gasteiger partial charge in [0.25, 0.3) is 0 Å². The van der Waals surface area contributed by atoms with Crippen molar-refractivity contribution >= 4 is 27.0 Å². The maximum Gasteiger partial charge on any atom is 0.138 e. The van der Waals surface area contributed by atoms with Crippen molar-refractivity contribution in [3.05, 3.63) is 52.5 Å². The fourth-order valence-corrected chi connectivity index (χ4v) is 2.31. The highest BCUT2D eigenvalue weighted by molar-refractivity contribution is 9.10. The maximum absolute atomic E-state index is 4.61. The fraction of sp³-hybridized carbons (Fsp3) is 0.0714. The van der Waals surface area contributed by atoms with E-state index in [9.17, 15) is 0 Å². The van der Waals surface area contributed by atoms with E-state index in [4.69, 9.17) is 0 Å². The minimum Gasteiger partial charge on any atom is -0.338 e. The summed E-state index contributed by atoms with van der Waals surface area (Å²) in [5, 5.41) is 0. The Bertz CT molecular complexity index is 653. The lowest BCUT2D eigenvalue weighted by molar-refractivity contribution is 1.30. The van der Waals surface area contributed by atoms with E-state index in [-0.39, 0.29) is 0 Å². The van der Waals surface area contributed by atoms with Crippen molar-refractivity contribution in [1.82, 2.24) is 9.97 Å². The number of imidazole rings is 1. The molecule has 3 rings (SSSR count). The SMILES string of the molecule is Cc1c(Br)cccc1-c1nc2ccccc2[nH]1. The van der Waals surface area contributed by atoms with Crippen molar-refractivity contribution in [2.75, 3.05) is 0 Å². The van der Waals surface area contributed by atoms with Crippen molar-refractivity contribution in [2.45, 2.75) is 6.92 Å². The number of hydrogen-bond donors (Lipinski definition) is 1. The number of aromatic amines is 1. The van der Waals surface area contributed by atoms with Crippen LogP contribution in [0, 0.1) is 6.92 Å². The molecule has 0 spiro atoms. The molecule has 0 radical (unpaired) electrons. The zero-order chi connectivity index (χ0) is 11.8. The van der Waals surface area contributed by atoms with E-state index in [1.807, 2.05) is 36.4 Å². The number of benzene rings is 2. The molecule has 3 aromatic rings. The van der Waals surface area contributed by atoms with Crippen molar-refractivity contribution in [3.63, 3.8) is 0 Å². The van der Waals surface area contributed by atoms with Gasteiger partial charge in [0.2, 0.25) is 0 Å². The smallest absolute Gasteiger partial charge is 0.138 e. The molecule has 0 unspecified atom stereocenters. The molecule has 0 bridgehead atoms. The number of para-hydroxylation sites is 2. The molecule has 17 heavy (non-hydrogen) atoms. The second kappa shape index (κ2) is 4.00. The third-order valence-corrected chi connectivity index (χ3v) is 3.77. The highest BCUT2D eigenvalue weighted by atomic mass is 79.9. The first-order chi connectivity index (χ1) is 8.25. The normalized spacial score (nSPS) is 10.9. The lowest BCUT2D eigenvalue weighted by Gasteiger charge is -2.03. The van der Waals surface area contributed by atoms with E-state index >= 15 is 0 Å². The van der Waals surface area contributed by atoms with Crippen LogP contribution in [0.1, 0.15) is 5.56 Å². The zero-order valence-electron chi connectivity index (χ0n) is 9.37. The molecule has 2 aromatic carbocycles. The van der Waals surface area contributed by atoms with Crippen LogP contribution >= 0.6 is 15.9 Å². The van der Waals surface area contributed by atoms with Gasteiger partial charge in [-0.3, -0.25) is 0 Å². The number of rotatable bonds is 1. The molecule has 0 atom stereocenters. The molecule has 0 amide bonds. The van der Waals surface area contributed by atoms with Gasteiger partial charge in [0.15, 0.2) is 0 Å². The Hall–Kier alpha value is -1.61. The second-order valence-electron chi connectivity index (χ2n) is 4.01. The summed E-state index contributed by atoms with van der Waals surface area (Å²) in [6.07, 6.45) is 0. The molecule has 0 fully saturated rings. The largest absolute Gasteiger partial charge is 0.338 e. The van der Waals surface area contributed by atoms with Gasteiger partial charge in [-0.2, -0.15) is 0 Å². The molecule has 84 valence electrons. The Morgan fingerprint density at radius 2 is 1.88 bits per heavy atom. The molecule has 1 N–H and O–H groups in total. The molecule has 0 aliphatic rings. The maximum atomic E-state index is 4.61. The minimum atomic E-state index is 0.921. The lowest BCUT2D eigenvalue weighted by Crippen LogP contribution is -1.86. The standard InChI is InChI=1S/C14H11BrN2/c1-9-10(5-4-6-11(9)15)14-16-12-7-2-3-8-13(12)17-14/h2-8H,1H3,(H,16,17). The fourth-order valence-electron chi connectivity index (χ4n) is 1.94. The van der Waals surface area contributed by atoms with Crippen molar-refractivity contribution < 1.29 is 0 Å². The monoisotopic (exact) mass is 286 g/mol. The van der Waals surface area contributed by atoms with Crippen molar-refractivity contribution in [1.29, 1.82) is 0 Å². The Morgan fingerprint density at radius 1 is 1.06 bits per heavy atom. The summed E-state index contributed by atoms with van der Waals surface area (Å²) < 4.78 is 1.11. The van der Waals surface area contributed by atoms with Crippen molar-refractivity contribution in [3.8, 4) is 11.4 Å². The molecule has 3 heteroatoms. The molecule has 0 aliphatic heterocycles. The molecule has 2 nitrogen and oxygen atoms in total. The third kappa shape index (κ3) is 1.76. The van der Waals surface area contributed by atoms with Crippen LogP contribution in [0.5, 0.6) is 0 Å². The molecule has 0 saturated heterocycles. The summed E-state index contributed by atoms with van der Waals surface area (Å²) in [7, 11) is 0. The van der Waals surface area contributed by atoms with Crippen LogP contribution in [0.3, 0.4) is 0 Å². The average molecular weight is 287 g/mol. The quantitative estimate of drug-likeness (QED) is 0.710. The highest BCUT2D eigenvalue weighted by Gasteiger charge is 2.08. The number of nitrogens with one attached hydrogen (secondary N) is 1. The number of aromatic nitrogens is 2. The minimum absolute atomic E-state index is 0.921. The van der Waals surface area contributed by atoms with Crippen LogP contribution in [-0.4, -0.2) is 9.97 Å². The summed E-state index contributed by atoms with van der Waals surface area (Å²) in [4.78, 5) is 7.96. The van der Waals surface area contributed by atoms with Gasteiger partial charge in [0, 0.05) is 10.0 Å². The summed E-state index contributed by atoms with van der Waals surface area (Å²) in [5.41, 5.74) is 4.41. The van der Waals surface area contributed by atoms with Gasteiger partial charge in [-0.05, 0) is 30.7 Å². The van der Waals surface area contributed by atoms with Crippen LogP contribution in [0.15, 0.2) is 46.9 Å². The second-order valence-corrected chi connectivity index (χ2v) is 4.87. The van der Waals surface area contributed by atoms with Gasteiger partial charge in [-0.1, -0.05) is 40.2 Å². The summed E-state index contributed by atoms with van der Waals surface area (Å²) >= 11 is 3.55. The van der Waals surface area contributed by atoms with E-state index < -0.39 is 0 Å². The van der Waals surface area contributed by atoms with Gasteiger partial charge < -0.3 is 4.98 Å². The van der Waals surface area contributed by atoms with Gasteiger partial charge in [-0.15, -0.1) is 0 Å². The predicted octanol–water partition coefficient (Wildman–Crippen LogP) is 4.30. The molecule has 0 saturated carbocycles. The number of hydrogen-bond acceptors (Lipinski definition) is 1. The first-order valence-corrected chi connectivity index (χ1v) is 6.25. The molecule has 1 heterocycles. The van der Waals surface area contributed by atoms with Crippen LogP contribution in [-0.2, 0) is 0 Å². The summed E-state index contributed by atoms with van der Waals surface area (Å²) in [6, 6.07) is 14.2. The third-order valence-electron chi connectivity index (χ3n) is 2.91. The lowest BCUT2D eigenvalue weighted by atomic mass is 10.1. The highest BCUT2D eigenvalue weighted by Crippen LogP contribution is 2.28. The Labute approximate surface area is 108 Å². The van der Waals surface area contributed by atoms with E-state index in [2.05, 4.69) is 38.9 Å². The predicted molar refractivity (Wildman–Crippen MR) is 74.0 cm³/mol. The first kappa shape index (κ1) is 10.5. The summed E-state index contributed by atoms with van der Waals surface area (Å²) in [6.45, 7) is 2.09. The first-order valence-electron chi connectivity index (χ1n) is 5.46. The Kier molecular flexibility index (Phi) is 2.48. The van der Waals surface area contributed by atoms with E-state index in [0.29, 0.717) is 0 Å². The number of nitrogens with zero attached hydrogens (tertiary/aromatic N) is 1. The van der Waals surface area contributed by atoms with E-state index in [1.165, 1.54) is 5.56 Å². The van der Waals surface area contributed by atoms with Crippen LogP contribution in [0.2, 0.25) is 0 Å². The zero-order valence-corrected chi connectivity index (χ0v) is 11.0. The van der Waals surface area contributed by atoms with Gasteiger partial charge in [0.05, 0.1) is 11.0 Å². The van der Waals surface area contributed by atoms with E-state index in [1.54, 1.807) is 0 Å². The van der Waals surface area contributed by atoms with Crippen LogP contribution in [0.4, 0.5) is 0 Å². The molecular weight excluding hydrogens is 276 g/mol. The van der Waals surface area contributed by atoms with Crippen LogP contribution in [0.25, 0.3) is 22.4 Å². The van der Waals surface area contributed by atoms with Gasteiger partial charge in [-0.25, -0.2) is 4.98 Å². The topological polar surface area (TPSA) is 28.7 Å².